The molecule has 0 aliphatic rings. The van der Waals surface area contributed by atoms with Gasteiger partial charge in [-0.25, -0.2) is 0 Å². The molecule has 0 aromatic carbocycles. The highest BCUT2D eigenvalue weighted by atomic mass is 16.3. The molecule has 2 N–H and O–H groups in total. The number of aliphatic hydroxyl groups excluding tert-OH is 2. The highest BCUT2D eigenvalue weighted by molar-refractivity contribution is 4.56. The van der Waals surface area contributed by atoms with Crippen LogP contribution in [0.3, 0.4) is 0 Å². The summed E-state index contributed by atoms with van der Waals surface area (Å²) in [5.41, 5.74) is 0. The van der Waals surface area contributed by atoms with Gasteiger partial charge >= 0.3 is 0 Å². The molecule has 0 saturated carbocycles. The lowest BCUT2D eigenvalue weighted by atomic mass is 10.3. The minimum atomic E-state index is 0.217. The molecule has 0 aromatic heterocycles. The zero-order chi connectivity index (χ0) is 9.23. The summed E-state index contributed by atoms with van der Waals surface area (Å²) in [5.74, 6) is 0. The monoisotopic (exact) mass is 175 g/mol. The zero-order valence-electron chi connectivity index (χ0n) is 8.00. The Hall–Kier alpha value is -0.120. The Balaban J connectivity index is 3.40. The molecule has 0 fully saturated rings. The molecule has 74 valence electrons. The molecule has 0 aromatic rings. The second-order valence-corrected chi connectivity index (χ2v) is 3.00. The fourth-order valence-corrected chi connectivity index (χ4v) is 1.15. The average molecular weight is 175 g/mol. The molecule has 0 bridgehead atoms. The Morgan fingerprint density at radius 2 is 1.58 bits per heavy atom. The lowest BCUT2D eigenvalue weighted by Gasteiger charge is -2.20. The third-order valence-corrected chi connectivity index (χ3v) is 1.88. The highest BCUT2D eigenvalue weighted by Crippen LogP contribution is 1.95. The molecule has 0 radical (unpaired) electrons. The van der Waals surface area contributed by atoms with E-state index in [0.29, 0.717) is 0 Å². The van der Waals surface area contributed by atoms with E-state index in [1.54, 1.807) is 0 Å². The van der Waals surface area contributed by atoms with Crippen molar-refractivity contribution in [3.05, 3.63) is 0 Å². The first kappa shape index (κ1) is 11.9. The smallest absolute Gasteiger partial charge is 0.0558 e. The molecule has 0 atom stereocenters. The van der Waals surface area contributed by atoms with Gasteiger partial charge in [-0.3, -0.25) is 0 Å². The lowest BCUT2D eigenvalue weighted by Crippen LogP contribution is -2.29. The van der Waals surface area contributed by atoms with Crippen LogP contribution in [0.1, 0.15) is 26.2 Å². The van der Waals surface area contributed by atoms with Crippen LogP contribution in [0.15, 0.2) is 0 Å². The van der Waals surface area contributed by atoms with Crippen molar-refractivity contribution in [1.29, 1.82) is 0 Å². The van der Waals surface area contributed by atoms with E-state index in [2.05, 4.69) is 11.8 Å². The highest BCUT2D eigenvalue weighted by Gasteiger charge is 2.01. The number of hydrogen-bond acceptors (Lipinski definition) is 3. The molecule has 3 nitrogen and oxygen atoms in total. The summed E-state index contributed by atoms with van der Waals surface area (Å²) in [5, 5.41) is 17.4. The fourth-order valence-electron chi connectivity index (χ4n) is 1.15. The summed E-state index contributed by atoms with van der Waals surface area (Å²) in [4.78, 5) is 2.19. The predicted molar refractivity (Wildman–Crippen MR) is 50.1 cm³/mol. The summed E-state index contributed by atoms with van der Waals surface area (Å²) in [6, 6.07) is 0. The van der Waals surface area contributed by atoms with Crippen LogP contribution < -0.4 is 0 Å². The summed E-state index contributed by atoms with van der Waals surface area (Å²) in [6.07, 6.45) is 3.16. The molecule has 0 heterocycles. The summed E-state index contributed by atoms with van der Waals surface area (Å²) < 4.78 is 0. The van der Waals surface area contributed by atoms with Crippen molar-refractivity contribution in [2.24, 2.45) is 0 Å². The van der Waals surface area contributed by atoms with Crippen molar-refractivity contribution < 1.29 is 10.2 Å². The van der Waals surface area contributed by atoms with E-state index in [-0.39, 0.29) is 13.2 Å². The minimum Gasteiger partial charge on any atom is -0.396 e. The van der Waals surface area contributed by atoms with E-state index in [1.807, 2.05) is 0 Å². The number of rotatable bonds is 8. The molecular weight excluding hydrogens is 154 g/mol. The van der Waals surface area contributed by atoms with Crippen molar-refractivity contribution in [2.75, 3.05) is 32.8 Å². The quantitative estimate of drug-likeness (QED) is 0.563. The predicted octanol–water partition coefficient (Wildman–Crippen LogP) is 0.463. The topological polar surface area (TPSA) is 43.7 Å². The minimum absolute atomic E-state index is 0.217. The molecule has 0 rings (SSSR count). The molecule has 0 aliphatic carbocycles. The van der Waals surface area contributed by atoms with E-state index < -0.39 is 0 Å². The van der Waals surface area contributed by atoms with Crippen LogP contribution in [0, 0.1) is 0 Å². The first-order chi connectivity index (χ1) is 5.85. The van der Waals surface area contributed by atoms with Crippen LogP contribution in [-0.2, 0) is 0 Å². The number of hydrogen-bond donors (Lipinski definition) is 2. The van der Waals surface area contributed by atoms with Gasteiger partial charge < -0.3 is 15.1 Å². The summed E-state index contributed by atoms with van der Waals surface area (Å²) in [7, 11) is 0. The largest absolute Gasteiger partial charge is 0.396 e. The lowest BCUT2D eigenvalue weighted by molar-refractivity contribution is 0.178. The standard InChI is InChI=1S/C9H21NO2/c1-2-3-5-10(7-9-12)6-4-8-11/h11-12H,2-9H2,1H3. The van der Waals surface area contributed by atoms with E-state index in [4.69, 9.17) is 10.2 Å². The van der Waals surface area contributed by atoms with Gasteiger partial charge in [0.25, 0.3) is 0 Å². The van der Waals surface area contributed by atoms with Crippen LogP contribution in [0.4, 0.5) is 0 Å². The van der Waals surface area contributed by atoms with E-state index in [1.165, 1.54) is 12.8 Å². The van der Waals surface area contributed by atoms with Crippen molar-refractivity contribution in [3.8, 4) is 0 Å². The van der Waals surface area contributed by atoms with Gasteiger partial charge in [-0.15, -0.1) is 0 Å². The van der Waals surface area contributed by atoms with Crippen LogP contribution >= 0.6 is 0 Å². The van der Waals surface area contributed by atoms with Gasteiger partial charge in [0, 0.05) is 19.7 Å². The Morgan fingerprint density at radius 1 is 0.917 bits per heavy atom. The van der Waals surface area contributed by atoms with Crippen molar-refractivity contribution >= 4 is 0 Å². The molecule has 0 saturated heterocycles. The zero-order valence-corrected chi connectivity index (χ0v) is 8.00. The van der Waals surface area contributed by atoms with Crippen molar-refractivity contribution in [2.45, 2.75) is 26.2 Å². The van der Waals surface area contributed by atoms with E-state index >= 15 is 0 Å². The van der Waals surface area contributed by atoms with Crippen molar-refractivity contribution in [1.82, 2.24) is 4.90 Å². The van der Waals surface area contributed by atoms with Gasteiger partial charge in [0.2, 0.25) is 0 Å². The molecule has 0 spiro atoms. The van der Waals surface area contributed by atoms with Crippen LogP contribution in [0.5, 0.6) is 0 Å². The Kier molecular flexibility index (Phi) is 8.88. The average Bonchev–Trinajstić information content (AvgIpc) is 2.10. The van der Waals surface area contributed by atoms with Gasteiger partial charge in [-0.2, -0.15) is 0 Å². The maximum Gasteiger partial charge on any atom is 0.0558 e. The van der Waals surface area contributed by atoms with E-state index in [0.717, 1.165) is 26.1 Å². The van der Waals surface area contributed by atoms with Gasteiger partial charge in [0.1, 0.15) is 0 Å². The van der Waals surface area contributed by atoms with Crippen LogP contribution in [-0.4, -0.2) is 48.0 Å². The first-order valence-corrected chi connectivity index (χ1v) is 4.79. The molecule has 12 heavy (non-hydrogen) atoms. The number of nitrogens with zero attached hydrogens (tertiary/aromatic N) is 1. The molecular formula is C9H21NO2. The van der Waals surface area contributed by atoms with Gasteiger partial charge in [-0.1, -0.05) is 13.3 Å². The Labute approximate surface area is 75.0 Å². The van der Waals surface area contributed by atoms with Gasteiger partial charge in [-0.05, 0) is 19.4 Å². The van der Waals surface area contributed by atoms with Gasteiger partial charge in [0.15, 0.2) is 0 Å². The van der Waals surface area contributed by atoms with Crippen LogP contribution in [0.2, 0.25) is 0 Å². The third-order valence-electron chi connectivity index (χ3n) is 1.88. The SMILES string of the molecule is CCCCN(CCO)CCCO. The van der Waals surface area contributed by atoms with E-state index in [9.17, 15) is 0 Å². The summed E-state index contributed by atoms with van der Waals surface area (Å²) >= 11 is 0. The van der Waals surface area contributed by atoms with Gasteiger partial charge in [0.05, 0.1) is 6.61 Å². The number of unbranched alkanes of at least 4 members (excludes halogenated alkanes) is 1. The van der Waals surface area contributed by atoms with Crippen LogP contribution in [0.25, 0.3) is 0 Å². The maximum absolute atomic E-state index is 8.73. The number of aliphatic hydroxyl groups is 2. The second kappa shape index (κ2) is 8.97. The second-order valence-electron chi connectivity index (χ2n) is 3.00. The fraction of sp³-hybridized carbons (Fsp3) is 1.00. The van der Waals surface area contributed by atoms with Crippen molar-refractivity contribution in [3.63, 3.8) is 0 Å². The molecule has 0 unspecified atom stereocenters. The molecule has 3 heteroatoms. The third kappa shape index (κ3) is 6.58. The molecule has 0 amide bonds. The Bertz CT molecular complexity index is 80.6. The normalized spacial score (nSPS) is 11.0. The maximum atomic E-state index is 8.73. The first-order valence-electron chi connectivity index (χ1n) is 4.79. The summed E-state index contributed by atoms with van der Waals surface area (Å²) in [6.45, 7) is 5.29. The Morgan fingerprint density at radius 3 is 2.08 bits per heavy atom. The molecule has 0 aliphatic heterocycles.